The van der Waals surface area contributed by atoms with Gasteiger partial charge in [0.2, 0.25) is 0 Å². The summed E-state index contributed by atoms with van der Waals surface area (Å²) in [7, 11) is 3.33. The summed E-state index contributed by atoms with van der Waals surface area (Å²) in [4.78, 5) is 0. The van der Waals surface area contributed by atoms with Gasteiger partial charge in [0.1, 0.15) is 0 Å². The first-order valence-electron chi connectivity index (χ1n) is 6.12. The normalized spacial score (nSPS) is 12.2. The molecule has 17 heavy (non-hydrogen) atoms. The zero-order valence-electron chi connectivity index (χ0n) is 11.2. The van der Waals surface area contributed by atoms with Crippen LogP contribution in [0.25, 0.3) is 0 Å². The van der Waals surface area contributed by atoms with E-state index in [4.69, 9.17) is 9.47 Å². The van der Waals surface area contributed by atoms with Crippen LogP contribution in [-0.2, 0) is 6.42 Å². The second-order valence-electron chi connectivity index (χ2n) is 4.31. The van der Waals surface area contributed by atoms with Crippen LogP contribution in [0.2, 0.25) is 0 Å². The van der Waals surface area contributed by atoms with Crippen LogP contribution in [0, 0.1) is 5.92 Å². The van der Waals surface area contributed by atoms with Crippen LogP contribution in [-0.4, -0.2) is 27.3 Å². The van der Waals surface area contributed by atoms with Crippen molar-refractivity contribution in [3.05, 3.63) is 23.8 Å². The second-order valence-corrected chi connectivity index (χ2v) is 4.31. The SMILES string of the molecule is CCNCC(C)Cc1ccc(OC)c(OC)c1. The molecule has 1 rings (SSSR count). The lowest BCUT2D eigenvalue weighted by molar-refractivity contribution is 0.354. The molecular weight excluding hydrogens is 214 g/mol. The molecule has 0 spiro atoms. The fraction of sp³-hybridized carbons (Fsp3) is 0.571. The quantitative estimate of drug-likeness (QED) is 0.790. The molecule has 0 saturated heterocycles. The van der Waals surface area contributed by atoms with Gasteiger partial charge in [0.15, 0.2) is 11.5 Å². The number of methoxy groups -OCH3 is 2. The molecule has 0 aliphatic carbocycles. The van der Waals surface area contributed by atoms with Gasteiger partial charge in [-0.2, -0.15) is 0 Å². The first-order valence-corrected chi connectivity index (χ1v) is 6.12. The minimum absolute atomic E-state index is 0.619. The average molecular weight is 237 g/mol. The van der Waals surface area contributed by atoms with Crippen LogP contribution in [0.1, 0.15) is 19.4 Å². The summed E-state index contributed by atoms with van der Waals surface area (Å²) in [5.74, 6) is 2.21. The molecular formula is C14H23NO2. The van der Waals surface area contributed by atoms with E-state index in [9.17, 15) is 0 Å². The molecule has 0 aliphatic heterocycles. The molecule has 0 fully saturated rings. The van der Waals surface area contributed by atoms with Crippen molar-refractivity contribution in [3.8, 4) is 11.5 Å². The Hall–Kier alpha value is -1.22. The van der Waals surface area contributed by atoms with Gasteiger partial charge in [0, 0.05) is 0 Å². The highest BCUT2D eigenvalue weighted by atomic mass is 16.5. The fourth-order valence-electron chi connectivity index (χ4n) is 1.87. The van der Waals surface area contributed by atoms with E-state index in [0.717, 1.165) is 31.0 Å². The molecule has 0 radical (unpaired) electrons. The van der Waals surface area contributed by atoms with Crippen LogP contribution in [0.4, 0.5) is 0 Å². The zero-order chi connectivity index (χ0) is 12.7. The van der Waals surface area contributed by atoms with Crippen molar-refractivity contribution >= 4 is 0 Å². The molecule has 1 N–H and O–H groups in total. The standard InChI is InChI=1S/C14H23NO2/c1-5-15-10-11(2)8-12-6-7-13(16-3)14(9-12)17-4/h6-7,9,11,15H,5,8,10H2,1-4H3. The van der Waals surface area contributed by atoms with E-state index < -0.39 is 0 Å². The number of hydrogen-bond donors (Lipinski definition) is 1. The number of nitrogens with one attached hydrogen (secondary N) is 1. The van der Waals surface area contributed by atoms with Gasteiger partial charge in [0.25, 0.3) is 0 Å². The summed E-state index contributed by atoms with van der Waals surface area (Å²) in [6, 6.07) is 6.12. The lowest BCUT2D eigenvalue weighted by Crippen LogP contribution is -2.21. The fourth-order valence-corrected chi connectivity index (χ4v) is 1.87. The van der Waals surface area contributed by atoms with Gasteiger partial charge in [-0.15, -0.1) is 0 Å². The predicted molar refractivity (Wildman–Crippen MR) is 71.0 cm³/mol. The minimum Gasteiger partial charge on any atom is -0.493 e. The van der Waals surface area contributed by atoms with E-state index in [1.807, 2.05) is 6.07 Å². The third-order valence-electron chi connectivity index (χ3n) is 2.77. The smallest absolute Gasteiger partial charge is 0.160 e. The van der Waals surface area contributed by atoms with Gasteiger partial charge in [-0.05, 0) is 43.1 Å². The van der Waals surface area contributed by atoms with Crippen molar-refractivity contribution in [2.75, 3.05) is 27.3 Å². The van der Waals surface area contributed by atoms with E-state index in [-0.39, 0.29) is 0 Å². The molecule has 0 amide bonds. The molecule has 3 heteroatoms. The monoisotopic (exact) mass is 237 g/mol. The topological polar surface area (TPSA) is 30.5 Å². The molecule has 0 bridgehead atoms. The molecule has 3 nitrogen and oxygen atoms in total. The number of rotatable bonds is 7. The molecule has 96 valence electrons. The van der Waals surface area contributed by atoms with Crippen LogP contribution < -0.4 is 14.8 Å². The van der Waals surface area contributed by atoms with E-state index >= 15 is 0 Å². The summed E-state index contributed by atoms with van der Waals surface area (Å²) in [6.45, 7) is 6.45. The highest BCUT2D eigenvalue weighted by molar-refractivity contribution is 5.42. The van der Waals surface area contributed by atoms with Gasteiger partial charge >= 0.3 is 0 Å². The van der Waals surface area contributed by atoms with Crippen LogP contribution >= 0.6 is 0 Å². The lowest BCUT2D eigenvalue weighted by atomic mass is 10.0. The summed E-state index contributed by atoms with van der Waals surface area (Å²) in [5.41, 5.74) is 1.29. The zero-order valence-corrected chi connectivity index (χ0v) is 11.2. The Morgan fingerprint density at radius 3 is 2.47 bits per heavy atom. The van der Waals surface area contributed by atoms with Crippen molar-refractivity contribution in [1.82, 2.24) is 5.32 Å². The van der Waals surface area contributed by atoms with Crippen molar-refractivity contribution in [2.45, 2.75) is 20.3 Å². The predicted octanol–water partition coefficient (Wildman–Crippen LogP) is 2.49. The summed E-state index contributed by atoms with van der Waals surface area (Å²) in [6.07, 6.45) is 1.05. The third kappa shape index (κ3) is 4.27. The van der Waals surface area contributed by atoms with Gasteiger partial charge in [-0.3, -0.25) is 0 Å². The maximum atomic E-state index is 5.30. The summed E-state index contributed by atoms with van der Waals surface area (Å²) < 4.78 is 10.5. The average Bonchev–Trinajstić information content (AvgIpc) is 2.36. The lowest BCUT2D eigenvalue weighted by Gasteiger charge is -2.14. The Kier molecular flexibility index (Phi) is 5.84. The van der Waals surface area contributed by atoms with E-state index in [1.165, 1.54) is 5.56 Å². The van der Waals surface area contributed by atoms with Crippen LogP contribution in [0.15, 0.2) is 18.2 Å². The Bertz CT molecular complexity index is 339. The summed E-state index contributed by atoms with van der Waals surface area (Å²) in [5, 5.41) is 3.36. The maximum absolute atomic E-state index is 5.30. The Morgan fingerprint density at radius 2 is 1.88 bits per heavy atom. The highest BCUT2D eigenvalue weighted by Crippen LogP contribution is 2.28. The Labute approximate surface area is 104 Å². The van der Waals surface area contributed by atoms with Gasteiger partial charge in [0.05, 0.1) is 14.2 Å². The highest BCUT2D eigenvalue weighted by Gasteiger charge is 2.07. The molecule has 1 atom stereocenters. The third-order valence-corrected chi connectivity index (χ3v) is 2.77. The van der Waals surface area contributed by atoms with Gasteiger partial charge < -0.3 is 14.8 Å². The van der Waals surface area contributed by atoms with Crippen molar-refractivity contribution in [1.29, 1.82) is 0 Å². The number of benzene rings is 1. The molecule has 0 saturated carbocycles. The Morgan fingerprint density at radius 1 is 1.18 bits per heavy atom. The Balaban J connectivity index is 2.65. The maximum Gasteiger partial charge on any atom is 0.160 e. The van der Waals surface area contributed by atoms with Crippen molar-refractivity contribution in [2.24, 2.45) is 5.92 Å². The minimum atomic E-state index is 0.619. The first-order chi connectivity index (χ1) is 8.21. The molecule has 1 unspecified atom stereocenters. The first kappa shape index (κ1) is 13.8. The van der Waals surface area contributed by atoms with E-state index in [1.54, 1.807) is 14.2 Å². The second kappa shape index (κ2) is 7.17. The summed E-state index contributed by atoms with van der Waals surface area (Å²) >= 11 is 0. The van der Waals surface area contributed by atoms with Crippen LogP contribution in [0.3, 0.4) is 0 Å². The molecule has 0 heterocycles. The van der Waals surface area contributed by atoms with Gasteiger partial charge in [-0.1, -0.05) is 19.9 Å². The molecule has 1 aromatic rings. The van der Waals surface area contributed by atoms with Gasteiger partial charge in [-0.25, -0.2) is 0 Å². The number of hydrogen-bond acceptors (Lipinski definition) is 3. The molecule has 0 aliphatic rings. The van der Waals surface area contributed by atoms with Crippen molar-refractivity contribution in [3.63, 3.8) is 0 Å². The van der Waals surface area contributed by atoms with Crippen LogP contribution in [0.5, 0.6) is 11.5 Å². The number of ether oxygens (including phenoxy) is 2. The van der Waals surface area contributed by atoms with E-state index in [2.05, 4.69) is 31.3 Å². The molecule has 1 aromatic carbocycles. The van der Waals surface area contributed by atoms with Crippen molar-refractivity contribution < 1.29 is 9.47 Å². The van der Waals surface area contributed by atoms with E-state index in [0.29, 0.717) is 5.92 Å². The largest absolute Gasteiger partial charge is 0.493 e. The molecule has 0 aromatic heterocycles.